The van der Waals surface area contributed by atoms with Crippen molar-refractivity contribution in [2.45, 2.75) is 66.7 Å². The largest absolute Gasteiger partial charge is 0.508 e. The molecule has 3 nitrogen and oxygen atoms in total. The van der Waals surface area contributed by atoms with Gasteiger partial charge in [0.05, 0.1) is 0 Å². The summed E-state index contributed by atoms with van der Waals surface area (Å²) in [6.45, 7) is 12.8. The Labute approximate surface area is 193 Å². The molecule has 0 saturated heterocycles. The number of hydrogen-bond donors (Lipinski definition) is 1. The number of carbonyl (C=O) groups excluding carboxylic acids is 2. The molecule has 2 aromatic carbocycles. The molecule has 2 aromatic rings. The molecule has 172 valence electrons. The zero-order valence-electron chi connectivity index (χ0n) is 20.4. The Bertz CT molecular complexity index is 940. The van der Waals surface area contributed by atoms with Crippen LogP contribution >= 0.6 is 0 Å². The van der Waals surface area contributed by atoms with Gasteiger partial charge in [0, 0.05) is 11.8 Å². The van der Waals surface area contributed by atoms with Gasteiger partial charge in [-0.1, -0.05) is 83.2 Å². The van der Waals surface area contributed by atoms with Crippen molar-refractivity contribution < 1.29 is 14.7 Å². The van der Waals surface area contributed by atoms with Crippen molar-refractivity contribution in [3.8, 4) is 5.75 Å². The molecule has 2 saturated carbocycles. The summed E-state index contributed by atoms with van der Waals surface area (Å²) in [7, 11) is 0. The highest BCUT2D eigenvalue weighted by atomic mass is 16.3. The predicted molar refractivity (Wildman–Crippen MR) is 133 cm³/mol. The number of allylic oxidation sites excluding steroid dienone is 1. The van der Waals surface area contributed by atoms with Crippen molar-refractivity contribution in [2.24, 2.45) is 16.7 Å². The van der Waals surface area contributed by atoms with E-state index >= 15 is 0 Å². The number of aldehydes is 1. The Morgan fingerprint density at radius 3 is 2.12 bits per heavy atom. The first-order chi connectivity index (χ1) is 15.0. The average molecular weight is 435 g/mol. The van der Waals surface area contributed by atoms with E-state index in [9.17, 15) is 14.7 Å². The number of benzene rings is 2. The van der Waals surface area contributed by atoms with Gasteiger partial charge < -0.3 is 5.11 Å². The summed E-state index contributed by atoms with van der Waals surface area (Å²) in [5.41, 5.74) is 3.49. The lowest BCUT2D eigenvalue weighted by Crippen LogP contribution is -2.32. The lowest BCUT2D eigenvalue weighted by atomic mass is 9.70. The van der Waals surface area contributed by atoms with E-state index in [4.69, 9.17) is 0 Å². The monoisotopic (exact) mass is 434 g/mol. The second-order valence-electron chi connectivity index (χ2n) is 10.0. The van der Waals surface area contributed by atoms with Crippen molar-refractivity contribution in [1.29, 1.82) is 0 Å². The van der Waals surface area contributed by atoms with Gasteiger partial charge in [0.2, 0.25) is 0 Å². The van der Waals surface area contributed by atoms with E-state index < -0.39 is 0 Å². The Balaban J connectivity index is 0.000000170. The molecule has 0 heterocycles. The first kappa shape index (κ1) is 25.6. The maximum Gasteiger partial charge on any atom is 0.142 e. The summed E-state index contributed by atoms with van der Waals surface area (Å²) in [4.78, 5) is 21.5. The molecule has 4 rings (SSSR count). The van der Waals surface area contributed by atoms with Gasteiger partial charge in [0.1, 0.15) is 17.8 Å². The zero-order valence-corrected chi connectivity index (χ0v) is 20.4. The van der Waals surface area contributed by atoms with E-state index in [2.05, 4.69) is 40.7 Å². The SMILES string of the molecule is CC12CCC(CC1=O)C2(C)C.Cc1ccc(C(C)C)cc1O.O=CC=Cc1ccccc1. The normalized spacial score (nSPS) is 22.8. The lowest BCUT2D eigenvalue weighted by molar-refractivity contribution is -0.128. The Morgan fingerprint density at radius 2 is 1.72 bits per heavy atom. The Kier molecular flexibility index (Phi) is 8.60. The molecule has 2 aliphatic carbocycles. The number of phenolic OH excluding ortho intramolecular Hbond substituents is 1. The van der Waals surface area contributed by atoms with Crippen LogP contribution in [-0.2, 0) is 9.59 Å². The lowest BCUT2D eigenvalue weighted by Gasteiger charge is -2.32. The highest BCUT2D eigenvalue weighted by molar-refractivity contribution is 5.89. The van der Waals surface area contributed by atoms with Crippen LogP contribution in [0, 0.1) is 23.7 Å². The third kappa shape index (κ3) is 5.76. The fourth-order valence-corrected chi connectivity index (χ4v) is 4.60. The van der Waals surface area contributed by atoms with Crippen LogP contribution in [-0.4, -0.2) is 17.2 Å². The molecule has 0 amide bonds. The van der Waals surface area contributed by atoms with Gasteiger partial charge in [-0.05, 0) is 65.8 Å². The fourth-order valence-electron chi connectivity index (χ4n) is 4.60. The molecule has 0 aliphatic heterocycles. The number of hydrogen-bond acceptors (Lipinski definition) is 3. The summed E-state index contributed by atoms with van der Waals surface area (Å²) in [6, 6.07) is 15.5. The smallest absolute Gasteiger partial charge is 0.142 e. The van der Waals surface area contributed by atoms with Gasteiger partial charge in [-0.2, -0.15) is 0 Å². The number of carbonyl (C=O) groups is 2. The highest BCUT2D eigenvalue weighted by Crippen LogP contribution is 2.63. The van der Waals surface area contributed by atoms with E-state index in [0.29, 0.717) is 23.4 Å². The molecule has 0 spiro atoms. The van der Waals surface area contributed by atoms with Gasteiger partial charge in [-0.3, -0.25) is 9.59 Å². The van der Waals surface area contributed by atoms with Crippen molar-refractivity contribution in [3.05, 3.63) is 71.3 Å². The average Bonchev–Trinajstić information content (AvgIpc) is 3.09. The third-order valence-corrected chi connectivity index (χ3v) is 7.55. The van der Waals surface area contributed by atoms with Gasteiger partial charge in [-0.15, -0.1) is 0 Å². The maximum atomic E-state index is 11.6. The second-order valence-corrected chi connectivity index (χ2v) is 10.0. The molecule has 2 atom stereocenters. The van der Waals surface area contributed by atoms with Crippen molar-refractivity contribution in [3.63, 3.8) is 0 Å². The minimum Gasteiger partial charge on any atom is -0.508 e. The molecule has 0 radical (unpaired) electrons. The van der Waals surface area contributed by atoms with E-state index in [1.165, 1.54) is 18.1 Å². The number of phenols is 1. The molecule has 2 bridgehead atoms. The maximum absolute atomic E-state index is 11.6. The summed E-state index contributed by atoms with van der Waals surface area (Å²) < 4.78 is 0. The highest BCUT2D eigenvalue weighted by Gasteiger charge is 2.61. The molecule has 2 aliphatic rings. The Morgan fingerprint density at radius 1 is 1.06 bits per heavy atom. The van der Waals surface area contributed by atoms with Crippen LogP contribution in [0.1, 0.15) is 76.5 Å². The summed E-state index contributed by atoms with van der Waals surface area (Å²) in [5, 5.41) is 9.35. The fraction of sp³-hybridized carbons (Fsp3) is 0.448. The summed E-state index contributed by atoms with van der Waals surface area (Å²) >= 11 is 0. The van der Waals surface area contributed by atoms with Crippen molar-refractivity contribution >= 4 is 18.1 Å². The minimum atomic E-state index is 0.0255. The molecule has 32 heavy (non-hydrogen) atoms. The van der Waals surface area contributed by atoms with E-state index in [-0.39, 0.29) is 10.8 Å². The first-order valence-corrected chi connectivity index (χ1v) is 11.5. The predicted octanol–water partition coefficient (Wildman–Crippen LogP) is 7.12. The van der Waals surface area contributed by atoms with E-state index in [1.807, 2.05) is 49.4 Å². The number of aryl methyl sites for hydroxylation is 1. The van der Waals surface area contributed by atoms with Gasteiger partial charge in [0.15, 0.2) is 0 Å². The van der Waals surface area contributed by atoms with Crippen LogP contribution in [0.15, 0.2) is 54.6 Å². The van der Waals surface area contributed by atoms with Crippen LogP contribution in [0.4, 0.5) is 0 Å². The van der Waals surface area contributed by atoms with Crippen LogP contribution in [0.3, 0.4) is 0 Å². The molecule has 1 N–H and O–H groups in total. The first-order valence-electron chi connectivity index (χ1n) is 11.5. The number of rotatable bonds is 3. The molecule has 3 heteroatoms. The topological polar surface area (TPSA) is 54.4 Å². The van der Waals surface area contributed by atoms with Crippen LogP contribution in [0.5, 0.6) is 5.75 Å². The van der Waals surface area contributed by atoms with Gasteiger partial charge in [0.25, 0.3) is 0 Å². The molecular weight excluding hydrogens is 396 g/mol. The molecular formula is C29H38O3. The van der Waals surface area contributed by atoms with Crippen molar-refractivity contribution in [2.75, 3.05) is 0 Å². The molecule has 0 aromatic heterocycles. The van der Waals surface area contributed by atoms with Crippen LogP contribution in [0.2, 0.25) is 0 Å². The van der Waals surface area contributed by atoms with E-state index in [0.717, 1.165) is 30.3 Å². The van der Waals surface area contributed by atoms with Crippen LogP contribution in [0.25, 0.3) is 6.08 Å². The zero-order chi connectivity index (χ0) is 23.9. The minimum absolute atomic E-state index is 0.0255. The van der Waals surface area contributed by atoms with Gasteiger partial charge in [-0.25, -0.2) is 0 Å². The standard InChI is InChI=1S/C10H16O.C10H14O.C9H8O/c1-9(2)7-4-5-10(9,3)8(11)6-7;1-7(2)9-5-4-8(3)10(11)6-9;10-8-4-7-9-5-2-1-3-6-9/h7H,4-6H2,1-3H3;4-7,11H,1-3H3;1-8H. The summed E-state index contributed by atoms with van der Waals surface area (Å²) in [5.74, 6) is 2.08. The molecule has 2 unspecified atom stereocenters. The van der Waals surface area contributed by atoms with E-state index in [1.54, 1.807) is 6.08 Å². The van der Waals surface area contributed by atoms with Crippen molar-refractivity contribution in [1.82, 2.24) is 0 Å². The second kappa shape index (κ2) is 10.8. The number of ketones is 1. The number of Topliss-reactive ketones (excluding diaryl/α,β-unsaturated/α-hetero) is 1. The Hall–Kier alpha value is -2.68. The van der Waals surface area contributed by atoms with Gasteiger partial charge >= 0.3 is 0 Å². The number of aromatic hydroxyl groups is 1. The quantitative estimate of drug-likeness (QED) is 0.413. The summed E-state index contributed by atoms with van der Waals surface area (Å²) in [6.07, 6.45) is 7.28. The molecule has 2 fully saturated rings. The number of fused-ring (bicyclic) bond motifs is 2. The third-order valence-electron chi connectivity index (χ3n) is 7.55. The van der Waals surface area contributed by atoms with Crippen LogP contribution < -0.4 is 0 Å².